The summed E-state index contributed by atoms with van der Waals surface area (Å²) in [7, 11) is 0. The molecule has 0 atom stereocenters. The average Bonchev–Trinajstić information content (AvgIpc) is 3.08. The summed E-state index contributed by atoms with van der Waals surface area (Å²) in [5, 5.41) is 3.60. The SMILES string of the molecule is CCOC(=O)c1cccc(C2CCN(C=Cn3nc(C(F)(F)F)cc3C)CC2)c1. The third-order valence-corrected chi connectivity index (χ3v) is 5.03. The van der Waals surface area contributed by atoms with Gasteiger partial charge in [0.2, 0.25) is 0 Å². The maximum atomic E-state index is 12.8. The van der Waals surface area contributed by atoms with Crippen LogP contribution in [0.3, 0.4) is 0 Å². The van der Waals surface area contributed by atoms with Gasteiger partial charge in [0, 0.05) is 31.2 Å². The Morgan fingerprint density at radius 3 is 2.59 bits per heavy atom. The lowest BCUT2D eigenvalue weighted by atomic mass is 9.89. The van der Waals surface area contributed by atoms with Crippen LogP contribution in [0.2, 0.25) is 0 Å². The van der Waals surface area contributed by atoms with E-state index in [0.717, 1.165) is 37.6 Å². The van der Waals surface area contributed by atoms with Gasteiger partial charge in [-0.25, -0.2) is 9.48 Å². The number of nitrogens with zero attached hydrogens (tertiary/aromatic N) is 3. The number of ether oxygens (including phenoxy) is 1. The Kier molecular flexibility index (Phi) is 6.30. The first-order valence-electron chi connectivity index (χ1n) is 9.60. The van der Waals surface area contributed by atoms with E-state index >= 15 is 0 Å². The number of carbonyl (C=O) groups is 1. The molecule has 1 aliphatic rings. The summed E-state index contributed by atoms with van der Waals surface area (Å²) in [6.07, 6.45) is 0.684. The number of piperidine rings is 1. The first-order chi connectivity index (χ1) is 13.8. The van der Waals surface area contributed by atoms with Crippen LogP contribution in [0.4, 0.5) is 13.2 Å². The largest absolute Gasteiger partial charge is 0.462 e. The number of aryl methyl sites for hydroxylation is 1. The van der Waals surface area contributed by atoms with Crippen molar-refractivity contribution in [3.8, 4) is 0 Å². The number of aromatic nitrogens is 2. The zero-order valence-electron chi connectivity index (χ0n) is 16.4. The maximum Gasteiger partial charge on any atom is 0.435 e. The monoisotopic (exact) mass is 407 g/mol. The van der Waals surface area contributed by atoms with Gasteiger partial charge in [-0.3, -0.25) is 0 Å². The van der Waals surface area contributed by atoms with Gasteiger partial charge in [0.15, 0.2) is 5.69 Å². The van der Waals surface area contributed by atoms with Crippen LogP contribution in [0.25, 0.3) is 6.20 Å². The highest BCUT2D eigenvalue weighted by Crippen LogP contribution is 2.30. The van der Waals surface area contributed by atoms with Gasteiger partial charge in [-0.1, -0.05) is 12.1 Å². The Labute approximate surface area is 167 Å². The highest BCUT2D eigenvalue weighted by atomic mass is 19.4. The standard InChI is InChI=1S/C21H24F3N3O2/c1-3-29-20(28)18-6-4-5-17(14-18)16-7-9-26(10-8-16)11-12-27-15(2)13-19(25-27)21(22,23)24/h4-6,11-14,16H,3,7-10H2,1-2H3. The summed E-state index contributed by atoms with van der Waals surface area (Å²) in [4.78, 5) is 14.0. The van der Waals surface area contributed by atoms with E-state index in [-0.39, 0.29) is 5.97 Å². The molecule has 2 heterocycles. The minimum absolute atomic E-state index is 0.317. The molecular formula is C21H24F3N3O2. The molecule has 0 saturated carbocycles. The summed E-state index contributed by atoms with van der Waals surface area (Å²) < 4.78 is 44.6. The van der Waals surface area contributed by atoms with Crippen LogP contribution >= 0.6 is 0 Å². The van der Waals surface area contributed by atoms with Crippen LogP contribution < -0.4 is 0 Å². The predicted molar refractivity (Wildman–Crippen MR) is 103 cm³/mol. The summed E-state index contributed by atoms with van der Waals surface area (Å²) in [6.45, 7) is 5.26. The summed E-state index contributed by atoms with van der Waals surface area (Å²) in [5.74, 6) is 0.0137. The highest BCUT2D eigenvalue weighted by molar-refractivity contribution is 5.89. The van der Waals surface area contributed by atoms with Crippen molar-refractivity contribution in [2.45, 2.75) is 38.8 Å². The van der Waals surface area contributed by atoms with E-state index in [1.165, 1.54) is 4.68 Å². The average molecular weight is 407 g/mol. The molecule has 1 saturated heterocycles. The minimum atomic E-state index is -4.44. The molecule has 0 unspecified atom stereocenters. The van der Waals surface area contributed by atoms with E-state index in [9.17, 15) is 18.0 Å². The molecule has 1 aromatic heterocycles. The molecule has 0 radical (unpaired) electrons. The molecule has 8 heteroatoms. The summed E-state index contributed by atoms with van der Waals surface area (Å²) in [5.41, 5.74) is 1.21. The van der Waals surface area contributed by atoms with Gasteiger partial charge in [-0.15, -0.1) is 0 Å². The van der Waals surface area contributed by atoms with Gasteiger partial charge in [0.25, 0.3) is 0 Å². The first-order valence-corrected chi connectivity index (χ1v) is 9.60. The van der Waals surface area contributed by atoms with Crippen molar-refractivity contribution < 1.29 is 22.7 Å². The van der Waals surface area contributed by atoms with Crippen molar-refractivity contribution in [2.75, 3.05) is 19.7 Å². The molecule has 29 heavy (non-hydrogen) atoms. The molecule has 0 spiro atoms. The van der Waals surface area contributed by atoms with Crippen LogP contribution in [0.1, 0.15) is 53.0 Å². The van der Waals surface area contributed by atoms with E-state index in [2.05, 4.69) is 10.00 Å². The normalized spacial score (nSPS) is 15.8. The van der Waals surface area contributed by atoms with E-state index in [0.29, 0.717) is 23.8 Å². The zero-order chi connectivity index (χ0) is 21.0. The summed E-state index contributed by atoms with van der Waals surface area (Å²) >= 11 is 0. The Hall–Kier alpha value is -2.77. The quantitative estimate of drug-likeness (QED) is 0.675. The zero-order valence-corrected chi connectivity index (χ0v) is 16.4. The molecule has 0 amide bonds. The van der Waals surface area contributed by atoms with Crippen LogP contribution in [-0.4, -0.2) is 40.3 Å². The van der Waals surface area contributed by atoms with Crippen molar-refractivity contribution in [3.63, 3.8) is 0 Å². The van der Waals surface area contributed by atoms with Crippen molar-refractivity contribution >= 4 is 12.2 Å². The number of rotatable bonds is 5. The molecule has 0 N–H and O–H groups in total. The molecule has 2 aromatic rings. The molecule has 5 nitrogen and oxygen atoms in total. The smallest absolute Gasteiger partial charge is 0.435 e. The van der Waals surface area contributed by atoms with E-state index in [1.54, 1.807) is 32.3 Å². The Morgan fingerprint density at radius 1 is 1.24 bits per heavy atom. The number of likely N-dealkylation sites (tertiary alicyclic amines) is 1. The Balaban J connectivity index is 1.60. The Morgan fingerprint density at radius 2 is 1.97 bits per heavy atom. The highest BCUT2D eigenvalue weighted by Gasteiger charge is 2.34. The van der Waals surface area contributed by atoms with Gasteiger partial charge < -0.3 is 9.64 Å². The van der Waals surface area contributed by atoms with Crippen molar-refractivity contribution in [1.82, 2.24) is 14.7 Å². The fourth-order valence-electron chi connectivity index (χ4n) is 3.45. The number of benzene rings is 1. The van der Waals surface area contributed by atoms with Crippen molar-refractivity contribution in [3.05, 3.63) is 59.0 Å². The van der Waals surface area contributed by atoms with Crippen LogP contribution in [-0.2, 0) is 10.9 Å². The number of carbonyl (C=O) groups excluding carboxylic acids is 1. The predicted octanol–water partition coefficient (Wildman–Crippen LogP) is 4.69. The van der Waals surface area contributed by atoms with Gasteiger partial charge in [0.1, 0.15) is 0 Å². The van der Waals surface area contributed by atoms with Crippen molar-refractivity contribution in [1.29, 1.82) is 0 Å². The molecule has 156 valence electrons. The number of hydrogen-bond acceptors (Lipinski definition) is 4. The molecule has 0 bridgehead atoms. The van der Waals surface area contributed by atoms with Gasteiger partial charge in [-0.2, -0.15) is 18.3 Å². The van der Waals surface area contributed by atoms with Gasteiger partial charge in [0.05, 0.1) is 12.2 Å². The fourth-order valence-corrected chi connectivity index (χ4v) is 3.45. The second-order valence-corrected chi connectivity index (χ2v) is 7.07. The van der Waals surface area contributed by atoms with E-state index < -0.39 is 11.9 Å². The lowest BCUT2D eigenvalue weighted by Crippen LogP contribution is -2.28. The lowest BCUT2D eigenvalue weighted by molar-refractivity contribution is -0.141. The number of hydrogen-bond donors (Lipinski definition) is 0. The second-order valence-electron chi connectivity index (χ2n) is 7.07. The molecule has 3 rings (SSSR count). The van der Waals surface area contributed by atoms with Crippen molar-refractivity contribution in [2.24, 2.45) is 0 Å². The Bertz CT molecular complexity index is 882. The van der Waals surface area contributed by atoms with Crippen LogP contribution in [0, 0.1) is 6.92 Å². The van der Waals surface area contributed by atoms with Gasteiger partial charge >= 0.3 is 12.1 Å². The third-order valence-electron chi connectivity index (χ3n) is 5.03. The van der Waals surface area contributed by atoms with Crippen LogP contribution in [0.5, 0.6) is 0 Å². The molecule has 1 aliphatic heterocycles. The lowest BCUT2D eigenvalue weighted by Gasteiger charge is -2.31. The molecule has 1 aromatic carbocycles. The summed E-state index contributed by atoms with van der Waals surface area (Å²) in [6, 6.07) is 8.56. The molecule has 0 aliphatic carbocycles. The first kappa shape index (κ1) is 21.0. The van der Waals surface area contributed by atoms with E-state index in [4.69, 9.17) is 4.74 Å². The van der Waals surface area contributed by atoms with Gasteiger partial charge in [-0.05, 0) is 56.4 Å². The topological polar surface area (TPSA) is 47.4 Å². The number of alkyl halides is 3. The molecule has 1 fully saturated rings. The minimum Gasteiger partial charge on any atom is -0.462 e. The number of halogens is 3. The fraction of sp³-hybridized carbons (Fsp3) is 0.429. The second kappa shape index (κ2) is 8.71. The van der Waals surface area contributed by atoms with E-state index in [1.807, 2.05) is 18.2 Å². The molecular weight excluding hydrogens is 383 g/mol. The number of esters is 1. The van der Waals surface area contributed by atoms with Crippen LogP contribution in [0.15, 0.2) is 36.5 Å². The third kappa shape index (κ3) is 5.19. The maximum absolute atomic E-state index is 12.8.